The van der Waals surface area contributed by atoms with Crippen molar-refractivity contribution in [3.63, 3.8) is 0 Å². The molecule has 0 spiro atoms. The van der Waals surface area contributed by atoms with Crippen LogP contribution in [0.25, 0.3) is 10.3 Å². The van der Waals surface area contributed by atoms with Crippen molar-refractivity contribution in [2.45, 2.75) is 39.2 Å². The van der Waals surface area contributed by atoms with Crippen molar-refractivity contribution in [3.05, 3.63) is 18.3 Å². The summed E-state index contributed by atoms with van der Waals surface area (Å²) in [6.45, 7) is 6.83. The van der Waals surface area contributed by atoms with Gasteiger partial charge >= 0.3 is 0 Å². The minimum atomic E-state index is -0.0479. The predicted octanol–water partition coefficient (Wildman–Crippen LogP) is 2.03. The number of thiazole rings is 1. The fraction of sp³-hybridized carbons (Fsp3) is 0.556. The summed E-state index contributed by atoms with van der Waals surface area (Å²) in [5, 5.41) is 3.86. The number of nitrogens with zero attached hydrogens (tertiary/aromatic N) is 4. The Bertz CT molecular complexity index is 737. The van der Waals surface area contributed by atoms with Gasteiger partial charge in [-0.25, -0.2) is 9.97 Å². The summed E-state index contributed by atoms with van der Waals surface area (Å²) in [5.41, 5.74) is 0.915. The second-order valence-corrected chi connectivity index (χ2v) is 7.52. The van der Waals surface area contributed by atoms with Crippen LogP contribution in [0.5, 0.6) is 0 Å². The minimum absolute atomic E-state index is 0.0479. The number of aromatic nitrogens is 2. The molecule has 2 amide bonds. The smallest absolute Gasteiger partial charge is 0.223 e. The van der Waals surface area contributed by atoms with Crippen LogP contribution in [0.2, 0.25) is 0 Å². The van der Waals surface area contributed by atoms with Crippen LogP contribution in [-0.4, -0.2) is 58.9 Å². The number of amides is 2. The Labute approximate surface area is 157 Å². The Balaban J connectivity index is 1.47. The average molecular weight is 375 g/mol. The summed E-state index contributed by atoms with van der Waals surface area (Å²) in [4.78, 5) is 38.1. The summed E-state index contributed by atoms with van der Waals surface area (Å²) in [5.74, 6) is 0.00299. The van der Waals surface area contributed by atoms with E-state index in [0.717, 1.165) is 35.0 Å². The molecule has 8 heteroatoms. The van der Waals surface area contributed by atoms with Crippen LogP contribution in [0.4, 0.5) is 5.13 Å². The summed E-state index contributed by atoms with van der Waals surface area (Å²) in [6, 6.07) is 4.01. The van der Waals surface area contributed by atoms with Gasteiger partial charge < -0.3 is 15.1 Å². The molecule has 1 fully saturated rings. The lowest BCUT2D eigenvalue weighted by Gasteiger charge is -2.34. The molecule has 1 saturated heterocycles. The van der Waals surface area contributed by atoms with Crippen LogP contribution in [0.15, 0.2) is 18.3 Å². The van der Waals surface area contributed by atoms with Crippen molar-refractivity contribution in [1.29, 1.82) is 0 Å². The molecular formula is C18H25N5O2S. The molecule has 140 valence electrons. The van der Waals surface area contributed by atoms with Gasteiger partial charge in [0.1, 0.15) is 10.3 Å². The number of hydrogen-bond acceptors (Lipinski definition) is 6. The second kappa shape index (κ2) is 8.44. The topological polar surface area (TPSA) is 78.4 Å². The molecule has 3 heterocycles. The minimum Gasteiger partial charge on any atom is -0.354 e. The third-order valence-electron chi connectivity index (χ3n) is 4.64. The number of anilines is 1. The SMILES string of the molecule is CC[C@H](C)NC(=O)CCC(=O)N1CCN(c2nc3cccnc3s2)CC1. The molecule has 2 aromatic heterocycles. The van der Waals surface area contributed by atoms with Crippen LogP contribution in [0, 0.1) is 0 Å². The molecule has 0 radical (unpaired) electrons. The van der Waals surface area contributed by atoms with E-state index < -0.39 is 0 Å². The highest BCUT2D eigenvalue weighted by Crippen LogP contribution is 2.27. The molecule has 1 aliphatic rings. The maximum atomic E-state index is 12.3. The molecule has 1 aliphatic heterocycles. The van der Waals surface area contributed by atoms with Gasteiger partial charge in [-0.1, -0.05) is 18.3 Å². The van der Waals surface area contributed by atoms with E-state index in [9.17, 15) is 9.59 Å². The maximum absolute atomic E-state index is 12.3. The first-order chi connectivity index (χ1) is 12.6. The number of hydrogen-bond donors (Lipinski definition) is 1. The van der Waals surface area contributed by atoms with Gasteiger partial charge in [-0.2, -0.15) is 0 Å². The van der Waals surface area contributed by atoms with Crippen LogP contribution >= 0.6 is 11.3 Å². The summed E-state index contributed by atoms with van der Waals surface area (Å²) in [6.07, 6.45) is 3.20. The van der Waals surface area contributed by atoms with E-state index in [-0.39, 0.29) is 30.7 Å². The standard InChI is InChI=1S/C18H25N5O2S/c1-3-13(2)20-15(24)6-7-16(25)22-9-11-23(12-10-22)18-21-14-5-4-8-19-17(14)26-18/h4-5,8,13H,3,6-7,9-12H2,1-2H3,(H,20,24)/t13-/m0/s1. The molecule has 2 aromatic rings. The quantitative estimate of drug-likeness (QED) is 0.836. The fourth-order valence-electron chi connectivity index (χ4n) is 2.87. The highest BCUT2D eigenvalue weighted by molar-refractivity contribution is 7.21. The number of nitrogens with one attached hydrogen (secondary N) is 1. The van der Waals surface area contributed by atoms with E-state index in [2.05, 4.69) is 20.2 Å². The van der Waals surface area contributed by atoms with Gasteiger partial charge in [-0.15, -0.1) is 0 Å². The molecule has 7 nitrogen and oxygen atoms in total. The zero-order chi connectivity index (χ0) is 18.5. The van der Waals surface area contributed by atoms with E-state index in [1.807, 2.05) is 30.9 Å². The van der Waals surface area contributed by atoms with Crippen molar-refractivity contribution in [2.75, 3.05) is 31.1 Å². The maximum Gasteiger partial charge on any atom is 0.223 e. The molecule has 26 heavy (non-hydrogen) atoms. The number of fused-ring (bicyclic) bond motifs is 1. The monoisotopic (exact) mass is 375 g/mol. The van der Waals surface area contributed by atoms with Gasteiger partial charge in [-0.05, 0) is 25.5 Å². The van der Waals surface area contributed by atoms with Crippen molar-refractivity contribution >= 4 is 38.6 Å². The van der Waals surface area contributed by atoms with E-state index >= 15 is 0 Å². The van der Waals surface area contributed by atoms with Crippen LogP contribution in [0.1, 0.15) is 33.1 Å². The van der Waals surface area contributed by atoms with Gasteiger partial charge in [0.15, 0.2) is 5.13 Å². The Morgan fingerprint density at radius 3 is 2.73 bits per heavy atom. The third kappa shape index (κ3) is 4.49. The molecule has 1 N–H and O–H groups in total. The summed E-state index contributed by atoms with van der Waals surface area (Å²) in [7, 11) is 0. The van der Waals surface area contributed by atoms with Gasteiger partial charge in [0.05, 0.1) is 0 Å². The first-order valence-electron chi connectivity index (χ1n) is 9.10. The third-order valence-corrected chi connectivity index (χ3v) is 5.68. The number of piperazine rings is 1. The summed E-state index contributed by atoms with van der Waals surface area (Å²) >= 11 is 1.58. The first kappa shape index (κ1) is 18.6. The molecule has 0 bridgehead atoms. The Hall–Kier alpha value is -2.22. The zero-order valence-corrected chi connectivity index (χ0v) is 16.1. The van der Waals surface area contributed by atoms with Gasteiger partial charge in [0.2, 0.25) is 11.8 Å². The average Bonchev–Trinajstić information content (AvgIpc) is 3.10. The zero-order valence-electron chi connectivity index (χ0n) is 15.3. The van der Waals surface area contributed by atoms with Crippen molar-refractivity contribution in [1.82, 2.24) is 20.2 Å². The lowest BCUT2D eigenvalue weighted by atomic mass is 10.2. The van der Waals surface area contributed by atoms with E-state index in [1.165, 1.54) is 0 Å². The van der Waals surface area contributed by atoms with Crippen molar-refractivity contribution in [3.8, 4) is 0 Å². The number of pyridine rings is 1. The second-order valence-electron chi connectivity index (χ2n) is 6.57. The molecular weight excluding hydrogens is 350 g/mol. The lowest BCUT2D eigenvalue weighted by Crippen LogP contribution is -2.49. The number of rotatable bonds is 6. The highest BCUT2D eigenvalue weighted by atomic mass is 32.1. The van der Waals surface area contributed by atoms with E-state index in [1.54, 1.807) is 17.5 Å². The largest absolute Gasteiger partial charge is 0.354 e. The van der Waals surface area contributed by atoms with Crippen molar-refractivity contribution < 1.29 is 9.59 Å². The number of carbonyl (C=O) groups excluding carboxylic acids is 2. The normalized spacial score (nSPS) is 15.9. The number of carbonyl (C=O) groups is 2. The predicted molar refractivity (Wildman–Crippen MR) is 103 cm³/mol. The molecule has 0 aliphatic carbocycles. The fourth-order valence-corrected chi connectivity index (χ4v) is 3.83. The molecule has 3 rings (SSSR count). The van der Waals surface area contributed by atoms with Crippen LogP contribution in [-0.2, 0) is 9.59 Å². The Morgan fingerprint density at radius 1 is 1.27 bits per heavy atom. The molecule has 0 unspecified atom stereocenters. The summed E-state index contributed by atoms with van der Waals surface area (Å²) < 4.78 is 0. The first-order valence-corrected chi connectivity index (χ1v) is 9.92. The van der Waals surface area contributed by atoms with E-state index in [4.69, 9.17) is 0 Å². The molecule has 0 aromatic carbocycles. The lowest BCUT2D eigenvalue weighted by molar-refractivity contribution is -0.134. The Kier molecular flexibility index (Phi) is 6.03. The van der Waals surface area contributed by atoms with Gasteiger partial charge in [-0.3, -0.25) is 9.59 Å². The molecule has 1 atom stereocenters. The highest BCUT2D eigenvalue weighted by Gasteiger charge is 2.23. The van der Waals surface area contributed by atoms with E-state index in [0.29, 0.717) is 13.1 Å². The van der Waals surface area contributed by atoms with Gasteiger partial charge in [0, 0.05) is 51.3 Å². The van der Waals surface area contributed by atoms with Crippen LogP contribution < -0.4 is 10.2 Å². The van der Waals surface area contributed by atoms with Gasteiger partial charge in [0.25, 0.3) is 0 Å². The van der Waals surface area contributed by atoms with Crippen LogP contribution in [0.3, 0.4) is 0 Å². The molecule has 0 saturated carbocycles. The Morgan fingerprint density at radius 2 is 2.04 bits per heavy atom. The van der Waals surface area contributed by atoms with Crippen molar-refractivity contribution in [2.24, 2.45) is 0 Å².